The standard InChI is InChI=1S/C13H16N2O2/c1-8(2)6-10-12(13(16)17)15-5-4-9(3)7-11(15)14-10/h4-5,7-8H,6H2,1-3H3,(H,16,17). The maximum Gasteiger partial charge on any atom is 0.354 e. The van der Waals surface area contributed by atoms with Crippen LogP contribution in [0.1, 0.15) is 35.6 Å². The fourth-order valence-corrected chi connectivity index (χ4v) is 1.95. The summed E-state index contributed by atoms with van der Waals surface area (Å²) in [7, 11) is 0. The van der Waals surface area contributed by atoms with Crippen LogP contribution in [0.5, 0.6) is 0 Å². The first-order valence-corrected chi connectivity index (χ1v) is 5.70. The van der Waals surface area contributed by atoms with Crippen LogP contribution in [0.4, 0.5) is 0 Å². The van der Waals surface area contributed by atoms with Crippen molar-refractivity contribution in [3.63, 3.8) is 0 Å². The van der Waals surface area contributed by atoms with E-state index in [2.05, 4.69) is 18.8 Å². The fraction of sp³-hybridized carbons (Fsp3) is 0.385. The number of hydrogen-bond donors (Lipinski definition) is 1. The smallest absolute Gasteiger partial charge is 0.354 e. The summed E-state index contributed by atoms with van der Waals surface area (Å²) in [5, 5.41) is 9.27. The van der Waals surface area contributed by atoms with E-state index in [1.165, 1.54) is 0 Å². The summed E-state index contributed by atoms with van der Waals surface area (Å²) in [6, 6.07) is 3.79. The van der Waals surface area contributed by atoms with Gasteiger partial charge >= 0.3 is 5.97 Å². The van der Waals surface area contributed by atoms with Crippen molar-refractivity contribution in [3.8, 4) is 0 Å². The molecule has 0 aliphatic carbocycles. The minimum Gasteiger partial charge on any atom is -0.477 e. The number of fused-ring (bicyclic) bond motifs is 1. The van der Waals surface area contributed by atoms with Crippen molar-refractivity contribution < 1.29 is 9.90 Å². The van der Waals surface area contributed by atoms with Crippen molar-refractivity contribution in [1.82, 2.24) is 9.38 Å². The Morgan fingerprint density at radius 2 is 2.24 bits per heavy atom. The summed E-state index contributed by atoms with van der Waals surface area (Å²) in [5.41, 5.74) is 2.74. The Morgan fingerprint density at radius 1 is 1.53 bits per heavy atom. The monoisotopic (exact) mass is 232 g/mol. The first-order chi connectivity index (χ1) is 7.99. The molecule has 0 radical (unpaired) electrons. The predicted molar refractivity (Wildman–Crippen MR) is 65.4 cm³/mol. The molecule has 17 heavy (non-hydrogen) atoms. The van der Waals surface area contributed by atoms with Crippen molar-refractivity contribution in [2.24, 2.45) is 5.92 Å². The third-order valence-corrected chi connectivity index (χ3v) is 2.66. The third-order valence-electron chi connectivity index (χ3n) is 2.66. The average molecular weight is 232 g/mol. The highest BCUT2D eigenvalue weighted by Crippen LogP contribution is 2.17. The van der Waals surface area contributed by atoms with E-state index in [1.54, 1.807) is 10.6 Å². The van der Waals surface area contributed by atoms with Gasteiger partial charge in [0, 0.05) is 6.20 Å². The molecular weight excluding hydrogens is 216 g/mol. The van der Waals surface area contributed by atoms with Gasteiger partial charge in [-0.1, -0.05) is 13.8 Å². The molecule has 0 unspecified atom stereocenters. The van der Waals surface area contributed by atoms with Gasteiger partial charge in [-0.15, -0.1) is 0 Å². The second kappa shape index (κ2) is 4.20. The largest absolute Gasteiger partial charge is 0.477 e. The molecule has 4 nitrogen and oxygen atoms in total. The summed E-state index contributed by atoms with van der Waals surface area (Å²) >= 11 is 0. The highest BCUT2D eigenvalue weighted by Gasteiger charge is 2.18. The number of pyridine rings is 1. The summed E-state index contributed by atoms with van der Waals surface area (Å²) in [5.74, 6) is -0.531. The number of aromatic carboxylic acids is 1. The van der Waals surface area contributed by atoms with Crippen molar-refractivity contribution in [3.05, 3.63) is 35.3 Å². The SMILES string of the molecule is Cc1ccn2c(C(=O)O)c(CC(C)C)nc2c1. The van der Waals surface area contributed by atoms with E-state index in [4.69, 9.17) is 0 Å². The quantitative estimate of drug-likeness (QED) is 0.884. The van der Waals surface area contributed by atoms with Crippen LogP contribution in [-0.2, 0) is 6.42 Å². The number of carboxylic acid groups (broad SMARTS) is 1. The molecular formula is C13H16N2O2. The molecule has 0 saturated heterocycles. The molecule has 90 valence electrons. The number of nitrogens with zero attached hydrogens (tertiary/aromatic N) is 2. The Bertz CT molecular complexity index is 570. The van der Waals surface area contributed by atoms with E-state index in [-0.39, 0.29) is 5.69 Å². The molecule has 0 aliphatic heterocycles. The van der Waals surface area contributed by atoms with Gasteiger partial charge in [0.2, 0.25) is 0 Å². The molecule has 0 bridgehead atoms. The molecule has 2 rings (SSSR count). The maximum absolute atomic E-state index is 11.3. The molecule has 0 aliphatic rings. The Hall–Kier alpha value is -1.84. The molecule has 0 spiro atoms. The number of imidazole rings is 1. The lowest BCUT2D eigenvalue weighted by Gasteiger charge is -2.02. The fourth-order valence-electron chi connectivity index (χ4n) is 1.95. The second-order valence-electron chi connectivity index (χ2n) is 4.74. The van der Waals surface area contributed by atoms with Crippen molar-refractivity contribution in [1.29, 1.82) is 0 Å². The van der Waals surface area contributed by atoms with E-state index in [0.29, 0.717) is 23.7 Å². The molecule has 0 aromatic carbocycles. The van der Waals surface area contributed by atoms with Crippen LogP contribution in [-0.4, -0.2) is 20.5 Å². The maximum atomic E-state index is 11.3. The van der Waals surface area contributed by atoms with Crippen LogP contribution in [0.15, 0.2) is 18.3 Å². The summed E-state index contributed by atoms with van der Waals surface area (Å²) in [6.07, 6.45) is 2.45. The third kappa shape index (κ3) is 2.16. The first kappa shape index (κ1) is 11.6. The Morgan fingerprint density at radius 3 is 2.82 bits per heavy atom. The van der Waals surface area contributed by atoms with Gasteiger partial charge in [-0.05, 0) is 37.0 Å². The zero-order valence-electron chi connectivity index (χ0n) is 10.3. The van der Waals surface area contributed by atoms with E-state index in [0.717, 1.165) is 5.56 Å². The van der Waals surface area contributed by atoms with Crippen LogP contribution in [0.25, 0.3) is 5.65 Å². The predicted octanol–water partition coefficient (Wildman–Crippen LogP) is 2.54. The van der Waals surface area contributed by atoms with E-state index in [9.17, 15) is 9.90 Å². The molecule has 1 N–H and O–H groups in total. The minimum absolute atomic E-state index is 0.286. The van der Waals surface area contributed by atoms with Gasteiger partial charge in [0.1, 0.15) is 5.65 Å². The zero-order chi connectivity index (χ0) is 12.6. The van der Waals surface area contributed by atoms with Crippen LogP contribution in [0.2, 0.25) is 0 Å². The molecule has 0 saturated carbocycles. The van der Waals surface area contributed by atoms with Gasteiger partial charge in [-0.25, -0.2) is 9.78 Å². The Balaban J connectivity index is 2.66. The zero-order valence-corrected chi connectivity index (χ0v) is 10.3. The lowest BCUT2D eigenvalue weighted by molar-refractivity contribution is 0.0688. The van der Waals surface area contributed by atoms with Crippen LogP contribution in [0.3, 0.4) is 0 Å². The first-order valence-electron chi connectivity index (χ1n) is 5.70. The molecule has 0 fully saturated rings. The topological polar surface area (TPSA) is 54.6 Å². The normalized spacial score (nSPS) is 11.3. The van der Waals surface area contributed by atoms with Crippen LogP contribution in [0, 0.1) is 12.8 Å². The van der Waals surface area contributed by atoms with Gasteiger partial charge < -0.3 is 5.11 Å². The van der Waals surface area contributed by atoms with Crippen LogP contribution >= 0.6 is 0 Å². The highest BCUT2D eigenvalue weighted by molar-refractivity contribution is 5.88. The van der Waals surface area contributed by atoms with Gasteiger partial charge in [-0.3, -0.25) is 4.40 Å². The summed E-state index contributed by atoms with van der Waals surface area (Å²) in [6.45, 7) is 6.08. The number of hydrogen-bond acceptors (Lipinski definition) is 2. The number of aromatic nitrogens is 2. The van der Waals surface area contributed by atoms with E-state index < -0.39 is 5.97 Å². The lowest BCUT2D eigenvalue weighted by Crippen LogP contribution is -2.07. The lowest BCUT2D eigenvalue weighted by atomic mass is 10.1. The van der Waals surface area contributed by atoms with Gasteiger partial charge in [0.05, 0.1) is 5.69 Å². The summed E-state index contributed by atoms with van der Waals surface area (Å²) < 4.78 is 1.65. The number of carboxylic acids is 1. The van der Waals surface area contributed by atoms with E-state index in [1.807, 2.05) is 19.1 Å². The Kier molecular flexibility index (Phi) is 2.88. The molecule has 0 atom stereocenters. The molecule has 2 aromatic heterocycles. The van der Waals surface area contributed by atoms with Gasteiger partial charge in [-0.2, -0.15) is 0 Å². The number of carbonyl (C=O) groups is 1. The van der Waals surface area contributed by atoms with Gasteiger partial charge in [0.15, 0.2) is 5.69 Å². The Labute approximate surface area is 99.9 Å². The number of rotatable bonds is 3. The minimum atomic E-state index is -0.919. The van der Waals surface area contributed by atoms with Crippen molar-refractivity contribution in [2.45, 2.75) is 27.2 Å². The molecule has 2 heterocycles. The average Bonchev–Trinajstić information content (AvgIpc) is 2.53. The highest BCUT2D eigenvalue weighted by atomic mass is 16.4. The van der Waals surface area contributed by atoms with Crippen molar-refractivity contribution >= 4 is 11.6 Å². The van der Waals surface area contributed by atoms with Crippen LogP contribution < -0.4 is 0 Å². The van der Waals surface area contributed by atoms with Crippen molar-refractivity contribution in [2.75, 3.05) is 0 Å². The second-order valence-corrected chi connectivity index (χ2v) is 4.74. The molecule has 0 amide bonds. The summed E-state index contributed by atoms with van der Waals surface area (Å²) in [4.78, 5) is 15.7. The van der Waals surface area contributed by atoms with E-state index >= 15 is 0 Å². The molecule has 2 aromatic rings. The molecule has 4 heteroatoms. The number of aryl methyl sites for hydroxylation is 1. The van der Waals surface area contributed by atoms with Gasteiger partial charge in [0.25, 0.3) is 0 Å².